The fraction of sp³-hybridized carbons (Fsp3) is 0.378. The highest BCUT2D eigenvalue weighted by molar-refractivity contribution is 8.00. The number of aromatic nitrogens is 2. The molecule has 3 aliphatic rings. The Morgan fingerprint density at radius 2 is 1.89 bits per heavy atom. The van der Waals surface area contributed by atoms with E-state index in [1.807, 2.05) is 36.5 Å². The van der Waals surface area contributed by atoms with Crippen molar-refractivity contribution in [1.82, 2.24) is 19.8 Å². The molecule has 1 aliphatic carbocycles. The van der Waals surface area contributed by atoms with Gasteiger partial charge in [0.25, 0.3) is 0 Å². The van der Waals surface area contributed by atoms with Gasteiger partial charge >= 0.3 is 5.97 Å². The topological polar surface area (TPSA) is 82.7 Å². The number of rotatable bonds is 8. The molecule has 0 spiro atoms. The number of thioether (sulfide) groups is 1. The van der Waals surface area contributed by atoms with Gasteiger partial charge in [0.05, 0.1) is 16.0 Å². The summed E-state index contributed by atoms with van der Waals surface area (Å²) in [5.74, 6) is -0.107. The smallest absolute Gasteiger partial charge is 0.307 e. The van der Waals surface area contributed by atoms with Crippen molar-refractivity contribution in [3.63, 3.8) is 0 Å². The summed E-state index contributed by atoms with van der Waals surface area (Å²) in [6, 6.07) is 16.3. The number of benzene rings is 2. The number of fused-ring (bicyclic) bond motifs is 1. The number of halogens is 2. The summed E-state index contributed by atoms with van der Waals surface area (Å²) in [6.45, 7) is 6.24. The Bertz CT molecular complexity index is 1870. The number of hydrogen-bond donors (Lipinski definition) is 1. The molecule has 3 atom stereocenters. The number of oxazole rings is 1. The third kappa shape index (κ3) is 6.51. The molecule has 10 heteroatoms. The first-order valence-corrected chi connectivity index (χ1v) is 17.8. The first kappa shape index (κ1) is 32.4. The number of allylic oxidation sites excluding steroid dienone is 3. The fourth-order valence-electron chi connectivity index (χ4n) is 7.25. The van der Waals surface area contributed by atoms with E-state index in [9.17, 15) is 9.90 Å². The van der Waals surface area contributed by atoms with Crippen LogP contribution in [0.25, 0.3) is 16.7 Å². The van der Waals surface area contributed by atoms with Crippen LogP contribution in [0.15, 0.2) is 82.4 Å². The van der Waals surface area contributed by atoms with Crippen LogP contribution >= 0.6 is 35.0 Å². The predicted octanol–water partition coefficient (Wildman–Crippen LogP) is 8.52. The molecule has 7 rings (SSSR count). The summed E-state index contributed by atoms with van der Waals surface area (Å²) in [5, 5.41) is 11.6. The zero-order valence-electron chi connectivity index (χ0n) is 26.5. The van der Waals surface area contributed by atoms with Crippen LogP contribution in [0.3, 0.4) is 0 Å². The minimum Gasteiger partial charge on any atom is -0.481 e. The lowest BCUT2D eigenvalue weighted by Crippen LogP contribution is -2.31. The molecule has 2 aliphatic heterocycles. The molecule has 1 N–H and O–H groups in total. The van der Waals surface area contributed by atoms with Crippen molar-refractivity contribution in [3.8, 4) is 0 Å². The van der Waals surface area contributed by atoms with Crippen LogP contribution < -0.4 is 0 Å². The molecule has 2 fully saturated rings. The molecule has 244 valence electrons. The molecule has 0 bridgehead atoms. The number of nitrogens with zero attached hydrogens (tertiary/aromatic N) is 4. The van der Waals surface area contributed by atoms with Crippen LogP contribution in [0, 0.1) is 11.8 Å². The molecule has 2 saturated heterocycles. The first-order valence-electron chi connectivity index (χ1n) is 16.2. The summed E-state index contributed by atoms with van der Waals surface area (Å²) >= 11 is 15.3. The quantitative estimate of drug-likeness (QED) is 0.197. The second kappa shape index (κ2) is 13.4. The van der Waals surface area contributed by atoms with Crippen LogP contribution in [0.5, 0.6) is 0 Å². The average Bonchev–Trinajstić information content (AvgIpc) is 3.72. The van der Waals surface area contributed by atoms with E-state index in [1.54, 1.807) is 11.8 Å². The first-order chi connectivity index (χ1) is 22.7. The van der Waals surface area contributed by atoms with Crippen molar-refractivity contribution in [2.45, 2.75) is 48.4 Å². The third-order valence-electron chi connectivity index (χ3n) is 10.0. The summed E-state index contributed by atoms with van der Waals surface area (Å²) in [4.78, 5) is 26.1. The molecule has 0 radical (unpaired) electrons. The maximum absolute atomic E-state index is 11.5. The SMILES string of the molecule is CC1C(c2ccccc2Cl)=CC=CC1(Sc1cc(C2CCN(C)CC2)ccn1)c1nc2cc(CN3CC[C@@H](C(=O)O)C3)cc(Cl)c2o1. The van der Waals surface area contributed by atoms with Crippen molar-refractivity contribution in [3.05, 3.63) is 106 Å². The zero-order chi connectivity index (χ0) is 32.7. The van der Waals surface area contributed by atoms with Crippen molar-refractivity contribution in [2.75, 3.05) is 33.2 Å². The number of carboxylic acids is 1. The van der Waals surface area contributed by atoms with Gasteiger partial charge in [-0.15, -0.1) is 0 Å². The molecule has 2 aromatic heterocycles. The molecule has 2 unspecified atom stereocenters. The summed E-state index contributed by atoms with van der Waals surface area (Å²) in [6.07, 6.45) is 11.2. The molecule has 7 nitrogen and oxygen atoms in total. The van der Waals surface area contributed by atoms with Gasteiger partial charge in [0.2, 0.25) is 5.89 Å². The van der Waals surface area contributed by atoms with E-state index in [1.165, 1.54) is 5.56 Å². The number of pyridine rings is 1. The fourth-order valence-corrected chi connectivity index (χ4v) is 9.05. The van der Waals surface area contributed by atoms with E-state index in [0.717, 1.165) is 54.2 Å². The molecule has 4 heterocycles. The number of likely N-dealkylation sites (tertiary alicyclic amines) is 2. The van der Waals surface area contributed by atoms with Gasteiger partial charge in [-0.05, 0) is 104 Å². The van der Waals surface area contributed by atoms with E-state index < -0.39 is 10.7 Å². The van der Waals surface area contributed by atoms with Crippen LogP contribution in [-0.4, -0.2) is 64.1 Å². The number of aliphatic carboxylic acids is 1. The zero-order valence-corrected chi connectivity index (χ0v) is 28.9. The average molecular weight is 690 g/mol. The molecule has 0 amide bonds. The third-order valence-corrected chi connectivity index (χ3v) is 12.0. The minimum atomic E-state index is -0.742. The normalized spacial score (nSPS) is 24.2. The van der Waals surface area contributed by atoms with Crippen molar-refractivity contribution >= 4 is 57.6 Å². The van der Waals surface area contributed by atoms with E-state index in [4.69, 9.17) is 37.6 Å². The van der Waals surface area contributed by atoms with Crippen molar-refractivity contribution in [1.29, 1.82) is 0 Å². The van der Waals surface area contributed by atoms with E-state index >= 15 is 0 Å². The van der Waals surface area contributed by atoms with Crippen molar-refractivity contribution < 1.29 is 14.3 Å². The Balaban J connectivity index is 1.27. The number of piperidine rings is 1. The largest absolute Gasteiger partial charge is 0.481 e. The highest BCUT2D eigenvalue weighted by atomic mass is 35.5. The summed E-state index contributed by atoms with van der Waals surface area (Å²) < 4.78 is 5.89. The maximum atomic E-state index is 11.5. The van der Waals surface area contributed by atoms with Gasteiger partial charge in [-0.25, -0.2) is 9.97 Å². The predicted molar refractivity (Wildman–Crippen MR) is 189 cm³/mol. The Labute approximate surface area is 289 Å². The number of carboxylic acid groups (broad SMARTS) is 1. The standard InChI is InChI=1S/C37H38Cl2N4O3S/c1-23-28(29-6-3-4-8-30(29)38)7-5-13-37(23,47-33-20-26(9-14-40-33)25-10-15-42(2)16-11-25)36-41-32-19-24(18-31(39)34(32)46-36)21-43-17-12-27(22-43)35(44)45/h3-9,13-14,18-20,23,25,27H,10-12,15-17,21-22H2,1-2H3,(H,44,45)/t23?,27-,37?/m1/s1. The van der Waals surface area contributed by atoms with E-state index in [0.29, 0.717) is 52.5 Å². The number of carbonyl (C=O) groups is 1. The molecule has 47 heavy (non-hydrogen) atoms. The van der Waals surface area contributed by atoms with Gasteiger partial charge in [-0.1, -0.05) is 78.3 Å². The lowest BCUT2D eigenvalue weighted by molar-refractivity contribution is -0.141. The molecule has 0 saturated carbocycles. The van der Waals surface area contributed by atoms with Gasteiger partial charge in [0.15, 0.2) is 5.58 Å². The molecular formula is C37H38Cl2N4O3S. The van der Waals surface area contributed by atoms with Gasteiger partial charge in [0.1, 0.15) is 10.3 Å². The van der Waals surface area contributed by atoms with Crippen LogP contribution in [0.4, 0.5) is 0 Å². The van der Waals surface area contributed by atoms with Gasteiger partial charge in [-0.3, -0.25) is 9.69 Å². The summed E-state index contributed by atoms with van der Waals surface area (Å²) in [5.41, 5.74) is 5.58. The van der Waals surface area contributed by atoms with Crippen LogP contribution in [-0.2, 0) is 16.1 Å². The lowest BCUT2D eigenvalue weighted by Gasteiger charge is -2.37. The van der Waals surface area contributed by atoms with E-state index in [-0.39, 0.29) is 11.8 Å². The van der Waals surface area contributed by atoms with Crippen LogP contribution in [0.1, 0.15) is 54.7 Å². The lowest BCUT2D eigenvalue weighted by atomic mass is 9.79. The summed E-state index contributed by atoms with van der Waals surface area (Å²) in [7, 11) is 2.19. The van der Waals surface area contributed by atoms with E-state index in [2.05, 4.69) is 60.2 Å². The minimum absolute atomic E-state index is 0.0879. The molecular weight excluding hydrogens is 651 g/mol. The molecule has 4 aromatic rings. The van der Waals surface area contributed by atoms with Gasteiger partial charge < -0.3 is 14.4 Å². The Morgan fingerprint density at radius 3 is 2.66 bits per heavy atom. The highest BCUT2D eigenvalue weighted by Gasteiger charge is 2.46. The molecule has 2 aromatic carbocycles. The highest BCUT2D eigenvalue weighted by Crippen LogP contribution is 2.54. The Morgan fingerprint density at radius 1 is 1.09 bits per heavy atom. The van der Waals surface area contributed by atoms with Gasteiger partial charge in [0, 0.05) is 30.2 Å². The second-order valence-corrected chi connectivity index (χ2v) is 15.2. The van der Waals surface area contributed by atoms with Gasteiger partial charge in [-0.2, -0.15) is 0 Å². The Hall–Kier alpha value is -3.14. The second-order valence-electron chi connectivity index (χ2n) is 13.1. The van der Waals surface area contributed by atoms with Crippen molar-refractivity contribution in [2.24, 2.45) is 11.8 Å². The number of hydrogen-bond acceptors (Lipinski definition) is 7. The monoisotopic (exact) mass is 688 g/mol. The maximum Gasteiger partial charge on any atom is 0.307 e. The van der Waals surface area contributed by atoms with Crippen LogP contribution in [0.2, 0.25) is 10.0 Å². The Kier molecular flexibility index (Phi) is 9.24.